The van der Waals surface area contributed by atoms with E-state index in [4.69, 9.17) is 10.0 Å². The molecule has 0 saturated heterocycles. The number of nitrogens with one attached hydrogen (secondary N) is 1. The zero-order valence-electron chi connectivity index (χ0n) is 10.3. The van der Waals surface area contributed by atoms with E-state index in [1.54, 1.807) is 0 Å². The maximum absolute atomic E-state index is 11.9. The molecule has 1 aromatic rings. The van der Waals surface area contributed by atoms with Gasteiger partial charge < -0.3 is 10.0 Å². The van der Waals surface area contributed by atoms with Gasteiger partial charge in [0.15, 0.2) is 0 Å². The van der Waals surface area contributed by atoms with E-state index >= 15 is 0 Å². The van der Waals surface area contributed by atoms with E-state index in [0.717, 1.165) is 19.3 Å². The molecule has 0 radical (unpaired) electrons. The van der Waals surface area contributed by atoms with Crippen LogP contribution in [0.2, 0.25) is 0 Å². The molecule has 0 aliphatic heterocycles. The van der Waals surface area contributed by atoms with Gasteiger partial charge in [-0.05, 0) is 24.0 Å². The van der Waals surface area contributed by atoms with Gasteiger partial charge in [-0.15, -0.1) is 0 Å². The molecule has 0 saturated carbocycles. The Kier molecular flexibility index (Phi) is 5.81. The maximum atomic E-state index is 11.9. The van der Waals surface area contributed by atoms with Gasteiger partial charge in [0.25, 0.3) is 0 Å². The minimum Gasteiger partial charge on any atom is -0.423 e. The molecule has 5 nitrogen and oxygen atoms in total. The molecule has 1 rings (SSSR count). The summed E-state index contributed by atoms with van der Waals surface area (Å²) >= 11 is 0. The lowest BCUT2D eigenvalue weighted by molar-refractivity contribution is 0.425. The van der Waals surface area contributed by atoms with Crippen molar-refractivity contribution in [1.29, 1.82) is 0 Å². The van der Waals surface area contributed by atoms with Crippen LogP contribution in [0.25, 0.3) is 0 Å². The average molecular weight is 271 g/mol. The van der Waals surface area contributed by atoms with E-state index in [1.165, 1.54) is 24.3 Å². The van der Waals surface area contributed by atoms with Crippen molar-refractivity contribution in [3.8, 4) is 0 Å². The zero-order valence-corrected chi connectivity index (χ0v) is 11.2. The summed E-state index contributed by atoms with van der Waals surface area (Å²) in [6.45, 7) is 2.43. The summed E-state index contributed by atoms with van der Waals surface area (Å²) in [5.74, 6) is 0. The van der Waals surface area contributed by atoms with Crippen LogP contribution in [0.1, 0.15) is 26.2 Å². The lowest BCUT2D eigenvalue weighted by Crippen LogP contribution is -2.31. The molecule has 0 aromatic heterocycles. The summed E-state index contributed by atoms with van der Waals surface area (Å²) < 4.78 is 26.3. The first-order chi connectivity index (χ1) is 8.47. The highest BCUT2D eigenvalue weighted by molar-refractivity contribution is 7.89. The van der Waals surface area contributed by atoms with E-state index in [0.29, 0.717) is 6.54 Å². The Morgan fingerprint density at radius 3 is 2.61 bits per heavy atom. The molecule has 7 heteroatoms. The molecule has 0 atom stereocenters. The van der Waals surface area contributed by atoms with Crippen molar-refractivity contribution < 1.29 is 18.5 Å². The topological polar surface area (TPSA) is 86.6 Å². The molecule has 0 amide bonds. The molecule has 0 heterocycles. The lowest BCUT2D eigenvalue weighted by Gasteiger charge is -2.07. The number of sulfonamides is 1. The van der Waals surface area contributed by atoms with Gasteiger partial charge in [-0.3, -0.25) is 0 Å². The third kappa shape index (κ3) is 4.42. The van der Waals surface area contributed by atoms with Crippen molar-refractivity contribution in [1.82, 2.24) is 4.72 Å². The number of rotatable bonds is 7. The molecular weight excluding hydrogens is 253 g/mol. The van der Waals surface area contributed by atoms with Crippen molar-refractivity contribution in [3.05, 3.63) is 24.3 Å². The van der Waals surface area contributed by atoms with E-state index < -0.39 is 17.1 Å². The normalized spacial score (nSPS) is 11.5. The lowest BCUT2D eigenvalue weighted by atomic mass is 9.81. The third-order valence-corrected chi connectivity index (χ3v) is 4.00. The zero-order chi connectivity index (χ0) is 13.6. The quantitative estimate of drug-likeness (QED) is 0.475. The van der Waals surface area contributed by atoms with Crippen LogP contribution < -0.4 is 10.2 Å². The van der Waals surface area contributed by atoms with Crippen LogP contribution in [-0.2, 0) is 10.0 Å². The monoisotopic (exact) mass is 271 g/mol. The van der Waals surface area contributed by atoms with Crippen LogP contribution in [-0.4, -0.2) is 32.1 Å². The van der Waals surface area contributed by atoms with Crippen molar-refractivity contribution in [2.45, 2.75) is 31.1 Å². The molecule has 0 aliphatic rings. The molecule has 0 spiro atoms. The highest BCUT2D eigenvalue weighted by Gasteiger charge is 2.17. The van der Waals surface area contributed by atoms with Gasteiger partial charge in [-0.2, -0.15) is 0 Å². The predicted molar refractivity (Wildman–Crippen MR) is 71.0 cm³/mol. The van der Waals surface area contributed by atoms with Gasteiger partial charge >= 0.3 is 7.12 Å². The molecule has 18 heavy (non-hydrogen) atoms. The minimum absolute atomic E-state index is 0.0459. The Balaban J connectivity index is 2.75. The Bertz CT molecular complexity index is 476. The minimum atomic E-state index is -3.57. The van der Waals surface area contributed by atoms with E-state index in [2.05, 4.69) is 4.72 Å². The summed E-state index contributed by atoms with van der Waals surface area (Å²) in [7, 11) is -5.24. The summed E-state index contributed by atoms with van der Waals surface area (Å²) in [6, 6.07) is 5.62. The Morgan fingerprint density at radius 2 is 2.00 bits per heavy atom. The van der Waals surface area contributed by atoms with E-state index in [1.807, 2.05) is 6.92 Å². The van der Waals surface area contributed by atoms with Crippen molar-refractivity contribution in [3.63, 3.8) is 0 Å². The largest absolute Gasteiger partial charge is 0.488 e. The van der Waals surface area contributed by atoms with Crippen LogP contribution in [0.15, 0.2) is 29.2 Å². The Labute approximate surface area is 108 Å². The first kappa shape index (κ1) is 15.2. The molecule has 0 unspecified atom stereocenters. The molecule has 100 valence electrons. The smallest absolute Gasteiger partial charge is 0.423 e. The Morgan fingerprint density at radius 1 is 1.28 bits per heavy atom. The van der Waals surface area contributed by atoms with Gasteiger partial charge in [0.1, 0.15) is 0 Å². The fraction of sp³-hybridized carbons (Fsp3) is 0.455. The van der Waals surface area contributed by atoms with Crippen LogP contribution in [0.5, 0.6) is 0 Å². The van der Waals surface area contributed by atoms with Gasteiger partial charge in [0.05, 0.1) is 4.90 Å². The fourth-order valence-electron chi connectivity index (χ4n) is 1.51. The molecule has 0 fully saturated rings. The van der Waals surface area contributed by atoms with Gasteiger partial charge in [-0.1, -0.05) is 31.9 Å². The standard InChI is InChI=1S/C11H18BNO4S/c1-2-3-4-8-13-18(16,17)11-7-5-6-10(9-11)12(14)15/h5-7,9,13-15H,2-4,8H2,1H3. The Hall–Kier alpha value is -0.885. The second kappa shape index (κ2) is 6.89. The average Bonchev–Trinajstić information content (AvgIpc) is 2.35. The number of hydrogen-bond acceptors (Lipinski definition) is 4. The predicted octanol–water partition coefficient (Wildman–Crippen LogP) is -0.165. The third-order valence-electron chi connectivity index (χ3n) is 2.54. The highest BCUT2D eigenvalue weighted by Crippen LogP contribution is 2.06. The summed E-state index contributed by atoms with van der Waals surface area (Å²) in [4.78, 5) is 0.0459. The summed E-state index contributed by atoms with van der Waals surface area (Å²) in [5.41, 5.74) is 0.159. The van der Waals surface area contributed by atoms with Gasteiger partial charge in [0, 0.05) is 6.54 Å². The first-order valence-electron chi connectivity index (χ1n) is 5.93. The van der Waals surface area contributed by atoms with Crippen molar-refractivity contribution in [2.75, 3.05) is 6.54 Å². The van der Waals surface area contributed by atoms with Crippen LogP contribution >= 0.6 is 0 Å². The van der Waals surface area contributed by atoms with Crippen molar-refractivity contribution in [2.24, 2.45) is 0 Å². The molecule has 0 bridgehead atoms. The first-order valence-corrected chi connectivity index (χ1v) is 7.41. The van der Waals surface area contributed by atoms with Crippen LogP contribution in [0, 0.1) is 0 Å². The highest BCUT2D eigenvalue weighted by atomic mass is 32.2. The molecule has 1 aromatic carbocycles. The number of benzene rings is 1. The summed E-state index contributed by atoms with van der Waals surface area (Å²) in [6.07, 6.45) is 2.78. The summed E-state index contributed by atoms with van der Waals surface area (Å²) in [5, 5.41) is 18.0. The number of hydrogen-bond donors (Lipinski definition) is 3. The maximum Gasteiger partial charge on any atom is 0.488 e. The van der Waals surface area contributed by atoms with Crippen LogP contribution in [0.3, 0.4) is 0 Å². The molecule has 0 aliphatic carbocycles. The van der Waals surface area contributed by atoms with Crippen molar-refractivity contribution >= 4 is 22.6 Å². The van der Waals surface area contributed by atoms with E-state index in [-0.39, 0.29) is 10.4 Å². The fourth-order valence-corrected chi connectivity index (χ4v) is 2.64. The van der Waals surface area contributed by atoms with Gasteiger partial charge in [-0.25, -0.2) is 13.1 Å². The molecular formula is C11H18BNO4S. The SMILES string of the molecule is CCCCCNS(=O)(=O)c1cccc(B(O)O)c1. The van der Waals surface area contributed by atoms with E-state index in [9.17, 15) is 8.42 Å². The second-order valence-corrected chi connectivity index (χ2v) is 5.82. The van der Waals surface area contributed by atoms with Crippen LogP contribution in [0.4, 0.5) is 0 Å². The van der Waals surface area contributed by atoms with Gasteiger partial charge in [0.2, 0.25) is 10.0 Å². The number of unbranched alkanes of at least 4 members (excludes halogenated alkanes) is 2. The molecule has 3 N–H and O–H groups in total. The second-order valence-electron chi connectivity index (χ2n) is 4.05.